The van der Waals surface area contributed by atoms with Crippen LogP contribution in [0.3, 0.4) is 0 Å². The van der Waals surface area contributed by atoms with E-state index >= 15 is 0 Å². The number of nitrogens with zero attached hydrogens (tertiary/aromatic N) is 3. The number of hydrogen-bond donors (Lipinski definition) is 1. The number of carbonyl (C=O) groups excluding carboxylic acids is 1. The SMILES string of the molecule is O=C1NC2(CCCCC2)CN1c1cnc(C(F)(F)F)nc1OCC1COC1. The van der Waals surface area contributed by atoms with E-state index in [4.69, 9.17) is 9.47 Å². The van der Waals surface area contributed by atoms with Crippen molar-refractivity contribution in [2.45, 2.75) is 43.8 Å². The van der Waals surface area contributed by atoms with Crippen LogP contribution >= 0.6 is 0 Å². The molecule has 1 aromatic rings. The van der Waals surface area contributed by atoms with Gasteiger partial charge >= 0.3 is 12.2 Å². The number of aromatic nitrogens is 2. The maximum atomic E-state index is 13.0. The molecule has 7 nitrogen and oxygen atoms in total. The van der Waals surface area contributed by atoms with E-state index in [2.05, 4.69) is 15.3 Å². The molecule has 3 heterocycles. The third-order valence-electron chi connectivity index (χ3n) is 5.33. The lowest BCUT2D eigenvalue weighted by Crippen LogP contribution is -2.44. The summed E-state index contributed by atoms with van der Waals surface area (Å²) in [5.41, 5.74) is -0.167. The summed E-state index contributed by atoms with van der Waals surface area (Å²) >= 11 is 0. The maximum absolute atomic E-state index is 13.0. The largest absolute Gasteiger partial charge is 0.476 e. The predicted molar refractivity (Wildman–Crippen MR) is 88.5 cm³/mol. The van der Waals surface area contributed by atoms with Gasteiger partial charge in [0.15, 0.2) is 0 Å². The van der Waals surface area contributed by atoms with E-state index < -0.39 is 12.0 Å². The van der Waals surface area contributed by atoms with Crippen LogP contribution in [0.4, 0.5) is 23.7 Å². The summed E-state index contributed by atoms with van der Waals surface area (Å²) in [4.78, 5) is 20.9. The van der Waals surface area contributed by atoms with Gasteiger partial charge in [0, 0.05) is 5.92 Å². The number of nitrogens with one attached hydrogen (secondary N) is 1. The van der Waals surface area contributed by atoms with Crippen molar-refractivity contribution in [3.05, 3.63) is 12.0 Å². The van der Waals surface area contributed by atoms with E-state index in [9.17, 15) is 18.0 Å². The van der Waals surface area contributed by atoms with E-state index in [0.717, 1.165) is 38.3 Å². The minimum atomic E-state index is -4.69. The zero-order chi connectivity index (χ0) is 19.1. The topological polar surface area (TPSA) is 76.6 Å². The van der Waals surface area contributed by atoms with Crippen molar-refractivity contribution < 1.29 is 27.4 Å². The first kappa shape index (κ1) is 18.3. The summed E-state index contributed by atoms with van der Waals surface area (Å²) < 4.78 is 49.7. The van der Waals surface area contributed by atoms with Gasteiger partial charge in [-0.05, 0) is 12.8 Å². The normalized spacial score (nSPS) is 22.6. The standard InChI is InChI=1S/C17H21F3N4O3/c18-17(19,20)14-21-6-12(13(22-14)27-9-11-7-26-8-11)24-10-16(23-15(24)25)4-2-1-3-5-16/h6,11H,1-5,7-10H2,(H,23,25). The zero-order valence-electron chi connectivity index (χ0n) is 14.7. The molecule has 0 radical (unpaired) electrons. The molecule has 0 aromatic carbocycles. The third-order valence-corrected chi connectivity index (χ3v) is 5.33. The second kappa shape index (κ2) is 6.81. The van der Waals surface area contributed by atoms with Crippen molar-refractivity contribution >= 4 is 11.7 Å². The predicted octanol–water partition coefficient (Wildman–Crippen LogP) is 2.75. The van der Waals surface area contributed by atoms with Crippen molar-refractivity contribution in [2.75, 3.05) is 31.3 Å². The molecule has 2 aliphatic heterocycles. The number of rotatable bonds is 4. The van der Waals surface area contributed by atoms with Crippen molar-refractivity contribution in [1.82, 2.24) is 15.3 Å². The molecule has 27 heavy (non-hydrogen) atoms. The zero-order valence-corrected chi connectivity index (χ0v) is 14.7. The Bertz CT molecular complexity index is 718. The van der Waals surface area contributed by atoms with Gasteiger partial charge in [0.25, 0.3) is 0 Å². The molecule has 2 saturated heterocycles. The highest BCUT2D eigenvalue weighted by atomic mass is 19.4. The molecular formula is C17H21F3N4O3. The highest BCUT2D eigenvalue weighted by Gasteiger charge is 2.45. The van der Waals surface area contributed by atoms with Crippen molar-refractivity contribution in [3.8, 4) is 5.88 Å². The minimum Gasteiger partial charge on any atom is -0.476 e. The van der Waals surface area contributed by atoms with Crippen molar-refractivity contribution in [3.63, 3.8) is 0 Å². The van der Waals surface area contributed by atoms with E-state index in [-0.39, 0.29) is 35.7 Å². The Labute approximate surface area is 154 Å². The molecule has 0 unspecified atom stereocenters. The first-order valence-electron chi connectivity index (χ1n) is 9.11. The summed E-state index contributed by atoms with van der Waals surface area (Å²) in [5, 5.41) is 3.01. The first-order chi connectivity index (χ1) is 12.9. The Hall–Kier alpha value is -2.10. The van der Waals surface area contributed by atoms with E-state index in [1.165, 1.54) is 4.90 Å². The van der Waals surface area contributed by atoms with Gasteiger partial charge in [-0.3, -0.25) is 4.90 Å². The average molecular weight is 386 g/mol. The molecule has 4 rings (SSSR count). The molecule has 3 aliphatic rings. The molecule has 0 atom stereocenters. The van der Waals surface area contributed by atoms with Crippen LogP contribution in [-0.2, 0) is 10.9 Å². The number of carbonyl (C=O) groups is 1. The fourth-order valence-electron chi connectivity index (χ4n) is 3.78. The lowest BCUT2D eigenvalue weighted by atomic mass is 9.82. The fraction of sp³-hybridized carbons (Fsp3) is 0.706. The van der Waals surface area contributed by atoms with Gasteiger partial charge in [-0.25, -0.2) is 9.78 Å². The molecule has 3 fully saturated rings. The molecule has 1 aliphatic carbocycles. The Morgan fingerprint density at radius 1 is 1.30 bits per heavy atom. The van der Waals surface area contributed by atoms with Crippen LogP contribution in [0.2, 0.25) is 0 Å². The van der Waals surface area contributed by atoms with Crippen LogP contribution < -0.4 is 15.0 Å². The van der Waals surface area contributed by atoms with E-state index in [1.807, 2.05) is 0 Å². The summed E-state index contributed by atoms with van der Waals surface area (Å²) in [6.45, 7) is 1.56. The van der Waals surface area contributed by atoms with Gasteiger partial charge < -0.3 is 14.8 Å². The van der Waals surface area contributed by atoms with Gasteiger partial charge in [-0.1, -0.05) is 19.3 Å². The number of amides is 2. The van der Waals surface area contributed by atoms with Crippen LogP contribution in [-0.4, -0.2) is 47.9 Å². The van der Waals surface area contributed by atoms with Gasteiger partial charge in [-0.15, -0.1) is 0 Å². The molecule has 0 bridgehead atoms. The number of urea groups is 1. The van der Waals surface area contributed by atoms with Crippen LogP contribution in [0.25, 0.3) is 0 Å². The fourth-order valence-corrected chi connectivity index (χ4v) is 3.78. The van der Waals surface area contributed by atoms with Crippen LogP contribution in [0.1, 0.15) is 37.9 Å². The lowest BCUT2D eigenvalue weighted by Gasteiger charge is -2.32. The minimum absolute atomic E-state index is 0.110. The summed E-state index contributed by atoms with van der Waals surface area (Å²) in [7, 11) is 0. The highest BCUT2D eigenvalue weighted by molar-refractivity contribution is 5.96. The quantitative estimate of drug-likeness (QED) is 0.861. The molecule has 1 N–H and O–H groups in total. The van der Waals surface area contributed by atoms with Gasteiger partial charge in [0.1, 0.15) is 5.69 Å². The monoisotopic (exact) mass is 386 g/mol. The number of alkyl halides is 3. The Balaban J connectivity index is 1.60. The molecule has 1 spiro atoms. The molecular weight excluding hydrogens is 365 g/mol. The summed E-state index contributed by atoms with van der Waals surface area (Å²) in [6.07, 6.45) is 1.21. The number of hydrogen-bond acceptors (Lipinski definition) is 5. The average Bonchev–Trinajstić information content (AvgIpc) is 2.89. The highest BCUT2D eigenvalue weighted by Crippen LogP contribution is 2.38. The van der Waals surface area contributed by atoms with Crippen molar-refractivity contribution in [1.29, 1.82) is 0 Å². The van der Waals surface area contributed by atoms with Gasteiger partial charge in [-0.2, -0.15) is 18.2 Å². The smallest absolute Gasteiger partial charge is 0.451 e. The Morgan fingerprint density at radius 2 is 2.04 bits per heavy atom. The second-order valence-corrected chi connectivity index (χ2v) is 7.45. The van der Waals surface area contributed by atoms with Gasteiger partial charge in [0.2, 0.25) is 11.7 Å². The summed E-state index contributed by atoms with van der Waals surface area (Å²) in [6, 6.07) is -0.350. The summed E-state index contributed by atoms with van der Waals surface area (Å²) in [5.74, 6) is -1.38. The first-order valence-corrected chi connectivity index (χ1v) is 9.11. The van der Waals surface area contributed by atoms with Gasteiger partial charge in [0.05, 0.1) is 38.1 Å². The van der Waals surface area contributed by atoms with Crippen LogP contribution in [0, 0.1) is 5.92 Å². The number of ether oxygens (including phenoxy) is 2. The van der Waals surface area contributed by atoms with Crippen LogP contribution in [0.5, 0.6) is 5.88 Å². The Kier molecular flexibility index (Phi) is 4.61. The second-order valence-electron chi connectivity index (χ2n) is 7.45. The molecule has 2 amide bonds. The molecule has 1 saturated carbocycles. The number of anilines is 1. The molecule has 148 valence electrons. The van der Waals surface area contributed by atoms with E-state index in [0.29, 0.717) is 19.8 Å². The molecule has 10 heteroatoms. The van der Waals surface area contributed by atoms with E-state index in [1.54, 1.807) is 0 Å². The Morgan fingerprint density at radius 3 is 2.67 bits per heavy atom. The molecule has 1 aromatic heterocycles. The number of halogens is 3. The van der Waals surface area contributed by atoms with Crippen molar-refractivity contribution in [2.24, 2.45) is 5.92 Å². The van der Waals surface area contributed by atoms with Crippen LogP contribution in [0.15, 0.2) is 6.20 Å². The third kappa shape index (κ3) is 3.67. The maximum Gasteiger partial charge on any atom is 0.451 e. The lowest BCUT2D eigenvalue weighted by molar-refractivity contribution is -0.145.